The van der Waals surface area contributed by atoms with Crippen LogP contribution in [0.15, 0.2) is 59.7 Å². The highest BCUT2D eigenvalue weighted by Gasteiger charge is 2.13. The van der Waals surface area contributed by atoms with E-state index in [1.165, 1.54) is 47.5 Å². The Labute approximate surface area is 151 Å². The average molecular weight is 368 g/mol. The summed E-state index contributed by atoms with van der Waals surface area (Å²) in [4.78, 5) is 18.1. The number of phenolic OH excluding ortho intramolecular Hbond substituents is 1. The summed E-state index contributed by atoms with van der Waals surface area (Å²) in [6, 6.07) is 12.6. The summed E-state index contributed by atoms with van der Waals surface area (Å²) in [6.07, 6.45) is 1.44. The minimum Gasteiger partial charge on any atom is -0.504 e. The number of nitrogens with zero attached hydrogens (tertiary/aromatic N) is 2. The molecule has 7 heteroatoms. The van der Waals surface area contributed by atoms with Gasteiger partial charge in [-0.1, -0.05) is 12.1 Å². The number of thiophene rings is 1. The molecule has 0 spiro atoms. The van der Waals surface area contributed by atoms with Crippen molar-refractivity contribution in [3.8, 4) is 27.6 Å². The highest BCUT2D eigenvalue weighted by molar-refractivity contribution is 7.22. The molecule has 0 amide bonds. The maximum Gasteiger partial charge on any atom is 0.275 e. The molecule has 0 atom stereocenters. The molecule has 130 valence electrons. The summed E-state index contributed by atoms with van der Waals surface area (Å²) in [6.45, 7) is 0. The standard InChI is InChI=1S/C19H13FN2O3S/c1-25-16-8-13(6-7-15(16)23)22-10-21-14-9-17(26-18(14)19(22)24)11-2-4-12(20)5-3-11/h2-10,23H,1H3. The Morgan fingerprint density at radius 3 is 2.65 bits per heavy atom. The SMILES string of the molecule is COc1cc(-n2cnc3cc(-c4ccc(F)cc4)sc3c2=O)ccc1O. The first-order valence-corrected chi connectivity index (χ1v) is 8.53. The third-order valence-corrected chi connectivity index (χ3v) is 5.17. The molecule has 4 rings (SSSR count). The maximum atomic E-state index is 13.1. The third-order valence-electron chi connectivity index (χ3n) is 4.01. The summed E-state index contributed by atoms with van der Waals surface area (Å²) in [5, 5.41) is 9.72. The highest BCUT2D eigenvalue weighted by atomic mass is 32.1. The molecule has 4 aromatic rings. The van der Waals surface area contributed by atoms with Gasteiger partial charge in [-0.3, -0.25) is 9.36 Å². The Hall–Kier alpha value is -3.19. The van der Waals surface area contributed by atoms with Crippen molar-refractivity contribution in [1.82, 2.24) is 9.55 Å². The number of hydrogen-bond donors (Lipinski definition) is 1. The van der Waals surface area contributed by atoms with Gasteiger partial charge in [0.25, 0.3) is 5.56 Å². The first kappa shape index (κ1) is 16.3. The first-order valence-electron chi connectivity index (χ1n) is 7.71. The summed E-state index contributed by atoms with van der Waals surface area (Å²) in [5.74, 6) is -0.0441. The van der Waals surface area contributed by atoms with Gasteiger partial charge >= 0.3 is 0 Å². The van der Waals surface area contributed by atoms with Gasteiger partial charge in [-0.2, -0.15) is 0 Å². The zero-order valence-electron chi connectivity index (χ0n) is 13.6. The van der Waals surface area contributed by atoms with E-state index in [0.717, 1.165) is 10.4 Å². The van der Waals surface area contributed by atoms with E-state index < -0.39 is 0 Å². The fraction of sp³-hybridized carbons (Fsp3) is 0.0526. The van der Waals surface area contributed by atoms with Crippen molar-refractivity contribution >= 4 is 21.6 Å². The predicted octanol–water partition coefficient (Wildman–Crippen LogP) is 3.97. The number of methoxy groups -OCH3 is 1. The molecule has 0 unspecified atom stereocenters. The maximum absolute atomic E-state index is 13.1. The van der Waals surface area contributed by atoms with Gasteiger partial charge in [0, 0.05) is 10.9 Å². The molecule has 1 N–H and O–H groups in total. The summed E-state index contributed by atoms with van der Waals surface area (Å²) in [7, 11) is 1.44. The topological polar surface area (TPSA) is 64.4 Å². The van der Waals surface area contributed by atoms with E-state index in [2.05, 4.69) is 4.98 Å². The van der Waals surface area contributed by atoms with E-state index in [4.69, 9.17) is 4.74 Å². The van der Waals surface area contributed by atoms with Crippen molar-refractivity contribution in [3.05, 3.63) is 71.0 Å². The van der Waals surface area contributed by atoms with E-state index in [0.29, 0.717) is 15.9 Å². The molecule has 26 heavy (non-hydrogen) atoms. The molecule has 0 saturated carbocycles. The number of fused-ring (bicyclic) bond motifs is 1. The Morgan fingerprint density at radius 1 is 1.15 bits per heavy atom. The Bertz CT molecular complexity index is 1170. The van der Waals surface area contributed by atoms with Crippen LogP contribution in [0.3, 0.4) is 0 Å². The van der Waals surface area contributed by atoms with Gasteiger partial charge in [-0.25, -0.2) is 9.37 Å². The largest absolute Gasteiger partial charge is 0.504 e. The van der Waals surface area contributed by atoms with Crippen molar-refractivity contribution in [1.29, 1.82) is 0 Å². The van der Waals surface area contributed by atoms with Crippen molar-refractivity contribution in [2.24, 2.45) is 0 Å². The van der Waals surface area contributed by atoms with Gasteiger partial charge in [0.05, 0.1) is 18.3 Å². The van der Waals surface area contributed by atoms with Gasteiger partial charge in [0.2, 0.25) is 0 Å². The van der Waals surface area contributed by atoms with Crippen LogP contribution in [0.5, 0.6) is 11.5 Å². The van der Waals surface area contributed by atoms with Crippen LogP contribution in [0.2, 0.25) is 0 Å². The average Bonchev–Trinajstić information content (AvgIpc) is 3.08. The minimum atomic E-state index is -0.309. The summed E-state index contributed by atoms with van der Waals surface area (Å²) >= 11 is 1.31. The molecule has 2 heterocycles. The fourth-order valence-corrected chi connectivity index (χ4v) is 3.72. The highest BCUT2D eigenvalue weighted by Crippen LogP contribution is 2.32. The molecule has 0 saturated heterocycles. The fourth-order valence-electron chi connectivity index (χ4n) is 2.67. The first-order chi connectivity index (χ1) is 12.6. The number of ether oxygens (including phenoxy) is 1. The monoisotopic (exact) mass is 368 g/mol. The van der Waals surface area contributed by atoms with Gasteiger partial charge < -0.3 is 9.84 Å². The lowest BCUT2D eigenvalue weighted by atomic mass is 10.2. The molecular weight excluding hydrogens is 355 g/mol. The minimum absolute atomic E-state index is 0.00643. The summed E-state index contributed by atoms with van der Waals surface area (Å²) < 4.78 is 20.1. The van der Waals surface area contributed by atoms with Crippen LogP contribution in [0.1, 0.15) is 0 Å². The molecule has 2 aromatic heterocycles. The van der Waals surface area contributed by atoms with Gasteiger partial charge in [-0.15, -0.1) is 11.3 Å². The van der Waals surface area contributed by atoms with E-state index in [1.807, 2.05) is 6.07 Å². The molecule has 2 aromatic carbocycles. The van der Waals surface area contributed by atoms with E-state index in [9.17, 15) is 14.3 Å². The number of aromatic hydroxyl groups is 1. The number of rotatable bonds is 3. The van der Waals surface area contributed by atoms with Crippen LogP contribution in [0.25, 0.3) is 26.3 Å². The number of phenols is 1. The second-order valence-corrected chi connectivity index (χ2v) is 6.66. The molecular formula is C19H13FN2O3S. The van der Waals surface area contributed by atoms with Crippen LogP contribution in [-0.4, -0.2) is 21.8 Å². The molecule has 0 aliphatic heterocycles. The van der Waals surface area contributed by atoms with Gasteiger partial charge in [0.15, 0.2) is 11.5 Å². The Kier molecular flexibility index (Phi) is 3.93. The lowest BCUT2D eigenvalue weighted by molar-refractivity contribution is 0.373. The molecule has 0 aliphatic carbocycles. The lowest BCUT2D eigenvalue weighted by Crippen LogP contribution is -2.17. The van der Waals surface area contributed by atoms with E-state index in [-0.39, 0.29) is 22.9 Å². The molecule has 5 nitrogen and oxygen atoms in total. The second-order valence-electron chi connectivity index (χ2n) is 5.61. The van der Waals surface area contributed by atoms with Crippen molar-refractivity contribution in [3.63, 3.8) is 0 Å². The van der Waals surface area contributed by atoms with Gasteiger partial charge in [-0.05, 0) is 35.9 Å². The van der Waals surface area contributed by atoms with Gasteiger partial charge in [0.1, 0.15) is 16.8 Å². The Balaban J connectivity index is 1.85. The second kappa shape index (κ2) is 6.27. The number of halogens is 1. The lowest BCUT2D eigenvalue weighted by Gasteiger charge is -2.08. The smallest absolute Gasteiger partial charge is 0.275 e. The zero-order chi connectivity index (χ0) is 18.3. The van der Waals surface area contributed by atoms with Crippen LogP contribution < -0.4 is 10.3 Å². The molecule has 0 aliphatic rings. The predicted molar refractivity (Wildman–Crippen MR) is 98.8 cm³/mol. The number of benzene rings is 2. The number of hydrogen-bond acceptors (Lipinski definition) is 5. The zero-order valence-corrected chi connectivity index (χ0v) is 14.5. The van der Waals surface area contributed by atoms with Crippen molar-refractivity contribution in [2.75, 3.05) is 7.11 Å². The Morgan fingerprint density at radius 2 is 1.92 bits per heavy atom. The quantitative estimate of drug-likeness (QED) is 0.594. The summed E-state index contributed by atoms with van der Waals surface area (Å²) in [5.41, 5.74) is 1.73. The van der Waals surface area contributed by atoms with E-state index >= 15 is 0 Å². The van der Waals surface area contributed by atoms with Crippen molar-refractivity contribution in [2.45, 2.75) is 0 Å². The molecule has 0 radical (unpaired) electrons. The van der Waals surface area contributed by atoms with Crippen molar-refractivity contribution < 1.29 is 14.2 Å². The molecule has 0 fully saturated rings. The van der Waals surface area contributed by atoms with Crippen LogP contribution in [-0.2, 0) is 0 Å². The van der Waals surface area contributed by atoms with E-state index in [1.54, 1.807) is 24.3 Å². The third kappa shape index (κ3) is 2.72. The van der Waals surface area contributed by atoms with Crippen LogP contribution in [0, 0.1) is 5.82 Å². The van der Waals surface area contributed by atoms with Crippen LogP contribution >= 0.6 is 11.3 Å². The molecule has 0 bridgehead atoms. The normalized spacial score (nSPS) is 11.0. The number of aromatic nitrogens is 2. The van der Waals surface area contributed by atoms with Crippen LogP contribution in [0.4, 0.5) is 4.39 Å².